The van der Waals surface area contributed by atoms with Crippen molar-refractivity contribution >= 4 is 63.7 Å². The molecule has 2 aliphatic heterocycles. The number of aromatic carboxylic acids is 1. The lowest BCUT2D eigenvalue weighted by Gasteiger charge is -2.28. The first-order valence-corrected chi connectivity index (χ1v) is 23.7. The van der Waals surface area contributed by atoms with Gasteiger partial charge in [-0.2, -0.15) is 0 Å². The number of fused-ring (bicyclic) bond motifs is 4. The fraction of sp³-hybridized carbons (Fsp3) is 0.255. The number of amides is 2. The first-order chi connectivity index (χ1) is 32.9. The van der Waals surface area contributed by atoms with Gasteiger partial charge in [0.15, 0.2) is 5.43 Å². The van der Waals surface area contributed by atoms with E-state index < -0.39 is 11.9 Å². The van der Waals surface area contributed by atoms with E-state index in [4.69, 9.17) is 21.5 Å². The number of carbonyl (C=O) groups is 3. The number of hydrogen-bond donors (Lipinski definition) is 5. The summed E-state index contributed by atoms with van der Waals surface area (Å²) >= 11 is 4.95. The van der Waals surface area contributed by atoms with E-state index in [1.807, 2.05) is 18.2 Å². The number of carboxylic acids is 1. The second-order valence-corrected chi connectivity index (χ2v) is 17.8. The molecule has 68 heavy (non-hydrogen) atoms. The molecular formula is C55H53N4O8S+. The molecule has 9 rings (SSSR count). The van der Waals surface area contributed by atoms with Crippen LogP contribution in [0.25, 0.3) is 66.8 Å². The Morgan fingerprint density at radius 2 is 1.35 bits per heavy atom. The average molecular weight is 930 g/mol. The van der Waals surface area contributed by atoms with Gasteiger partial charge in [-0.3, -0.25) is 14.4 Å². The van der Waals surface area contributed by atoms with Crippen LogP contribution in [0.1, 0.15) is 74.1 Å². The van der Waals surface area contributed by atoms with Crippen LogP contribution in [0.4, 0.5) is 11.4 Å². The van der Waals surface area contributed by atoms with Gasteiger partial charge in [-0.1, -0.05) is 6.07 Å². The Morgan fingerprint density at radius 1 is 0.706 bits per heavy atom. The van der Waals surface area contributed by atoms with Gasteiger partial charge in [-0.25, -0.2) is 9.37 Å². The number of phenols is 1. The van der Waals surface area contributed by atoms with E-state index in [1.54, 1.807) is 24.3 Å². The number of benzene rings is 6. The molecule has 1 saturated carbocycles. The Balaban J connectivity index is 0.930. The Morgan fingerprint density at radius 3 is 2.04 bits per heavy atom. The van der Waals surface area contributed by atoms with Gasteiger partial charge in [-0.05, 0) is 137 Å². The first-order valence-electron chi connectivity index (χ1n) is 23.2. The highest BCUT2D eigenvalue weighted by molar-refractivity contribution is 7.80. The van der Waals surface area contributed by atoms with Crippen LogP contribution >= 0.6 is 12.6 Å². The Kier molecular flexibility index (Phi) is 12.8. The second-order valence-electron chi connectivity index (χ2n) is 17.3. The molecule has 0 bridgehead atoms. The molecular weight excluding hydrogens is 877 g/mol. The van der Waals surface area contributed by atoms with Gasteiger partial charge in [0.25, 0.3) is 5.91 Å². The molecule has 0 saturated heterocycles. The average Bonchev–Trinajstić information content (AvgIpc) is 3.33. The van der Waals surface area contributed by atoms with Gasteiger partial charge in [0.05, 0.1) is 11.6 Å². The third kappa shape index (κ3) is 8.81. The molecule has 5 aliphatic rings. The van der Waals surface area contributed by atoms with E-state index in [2.05, 4.69) is 84.2 Å². The molecule has 4 N–H and O–H groups in total. The number of thiol groups is 1. The molecule has 3 aliphatic carbocycles. The predicted octanol–water partition coefficient (Wildman–Crippen LogP) is 10.4. The molecule has 0 aromatic heterocycles. The Labute approximate surface area is 398 Å². The van der Waals surface area contributed by atoms with E-state index >= 15 is 0 Å². The minimum absolute atomic E-state index is 0.0554. The number of anilines is 2. The van der Waals surface area contributed by atoms with Gasteiger partial charge < -0.3 is 34.6 Å². The zero-order valence-electron chi connectivity index (χ0n) is 38.4. The number of nitrogens with zero attached hydrogens (tertiary/aromatic N) is 2. The highest BCUT2D eigenvalue weighted by atomic mass is 32.1. The van der Waals surface area contributed by atoms with Crippen LogP contribution in [0, 0.1) is 5.92 Å². The third-order valence-electron chi connectivity index (χ3n) is 13.4. The minimum Gasteiger partial charge on any atom is -0.508 e. The number of nitrogens with one attached hydrogen (secondary N) is 2. The number of carboxylic acid groups (broad SMARTS) is 1. The monoisotopic (exact) mass is 929 g/mol. The second kappa shape index (κ2) is 19.1. The molecule has 1 fully saturated rings. The van der Waals surface area contributed by atoms with E-state index in [0.717, 1.165) is 75.5 Å². The summed E-state index contributed by atoms with van der Waals surface area (Å²) in [6.07, 6.45) is 2.22. The summed E-state index contributed by atoms with van der Waals surface area (Å²) in [7, 11) is 0. The largest absolute Gasteiger partial charge is 0.508 e. The number of aromatic hydroxyl groups is 1. The number of phenolic OH excluding ortho intramolecular Hbond substituents is 1. The summed E-state index contributed by atoms with van der Waals surface area (Å²) < 4.78 is 14.9. The minimum atomic E-state index is -1.24. The lowest BCUT2D eigenvalue weighted by molar-refractivity contribution is -0.120. The fourth-order valence-corrected chi connectivity index (χ4v) is 10.0. The first kappa shape index (κ1) is 45.8. The smallest absolute Gasteiger partial charge is 0.336 e. The summed E-state index contributed by atoms with van der Waals surface area (Å²) in [6, 6.07) is 31.5. The van der Waals surface area contributed by atoms with Crippen LogP contribution in [0.15, 0.2) is 128 Å². The Bertz CT molecular complexity index is 3340. The van der Waals surface area contributed by atoms with Gasteiger partial charge in [0.1, 0.15) is 41.5 Å². The highest BCUT2D eigenvalue weighted by Gasteiger charge is 2.29. The van der Waals surface area contributed by atoms with Crippen molar-refractivity contribution in [2.24, 2.45) is 5.92 Å². The normalized spacial score (nSPS) is 14.9. The molecule has 0 atom stereocenters. The maximum atomic E-state index is 13.9. The van der Waals surface area contributed by atoms with Crippen LogP contribution in [0.3, 0.4) is 0 Å². The summed E-state index contributed by atoms with van der Waals surface area (Å²) in [5.41, 5.74) is 6.62. The van der Waals surface area contributed by atoms with E-state index in [0.29, 0.717) is 53.4 Å². The molecule has 4 aromatic carbocycles. The fourth-order valence-electron chi connectivity index (χ4n) is 9.79. The van der Waals surface area contributed by atoms with Gasteiger partial charge in [0.2, 0.25) is 11.3 Å². The standard InChI is InChI=1S/C55H52N4O8S/c1-5-58(6-2)35-15-20-40-46(27-35)66-47-28-36(59(7-3)8-4)16-21-41(47)52(40)45-26-34(14-24-50(45)68)57-53(62)31-9-12-33(13-10-31)56-54(63)32-11-19-39(44(25-32)55(64)65)51-42-22-17-37(60)29-48(42)67-49-30-38(61)18-23-43(49)51/h11,14-31,33H,5-10,12-13H2,1-4H3,(H4,56,57,60,61,62,63,64,65)/p+1. The van der Waals surface area contributed by atoms with Crippen LogP contribution in [-0.4, -0.2) is 60.2 Å². The quantitative estimate of drug-likeness (QED) is 0.0456. The third-order valence-corrected chi connectivity index (χ3v) is 13.8. The van der Waals surface area contributed by atoms with Crippen LogP contribution in [0.2, 0.25) is 0 Å². The van der Waals surface area contributed by atoms with Crippen molar-refractivity contribution in [2.45, 2.75) is 64.3 Å². The molecule has 2 heterocycles. The predicted molar refractivity (Wildman–Crippen MR) is 270 cm³/mol. The van der Waals surface area contributed by atoms with Gasteiger partial charge >= 0.3 is 5.97 Å². The molecule has 2 amide bonds. The summed E-state index contributed by atoms with van der Waals surface area (Å²) in [6.45, 7) is 12.0. The van der Waals surface area contributed by atoms with Crippen molar-refractivity contribution in [1.29, 1.82) is 0 Å². The summed E-state index contributed by atoms with van der Waals surface area (Å²) in [5, 5.41) is 29.4. The van der Waals surface area contributed by atoms with Crippen LogP contribution in [0.5, 0.6) is 5.75 Å². The van der Waals surface area contributed by atoms with E-state index in [9.17, 15) is 29.4 Å². The number of hydrogen-bond acceptors (Lipinski definition) is 9. The SMILES string of the molecule is CCN(CC)c1ccc2c(-c3cc(NC(=O)C4CCC(NC(=O)c5ccc(-c6c7ccc(=O)cc-7oc7cc(O)ccc67)c(C(=O)O)c5)CC4)ccc3S)c3ccc(=[N+](CC)CC)cc-3oc2c1. The van der Waals surface area contributed by atoms with Crippen molar-refractivity contribution in [1.82, 2.24) is 9.89 Å². The molecule has 0 unspecified atom stereocenters. The van der Waals surface area contributed by atoms with Crippen molar-refractivity contribution in [2.75, 3.05) is 36.4 Å². The summed E-state index contributed by atoms with van der Waals surface area (Å²) in [5.74, 6) is -1.12. The molecule has 0 radical (unpaired) electrons. The number of carbonyl (C=O) groups excluding carboxylic acids is 2. The molecule has 0 spiro atoms. The number of rotatable bonds is 12. The summed E-state index contributed by atoms with van der Waals surface area (Å²) in [4.78, 5) is 55.7. The molecule has 12 nitrogen and oxygen atoms in total. The maximum absolute atomic E-state index is 13.9. The highest BCUT2D eigenvalue weighted by Crippen LogP contribution is 2.45. The van der Waals surface area contributed by atoms with Crippen molar-refractivity contribution < 1.29 is 33.4 Å². The van der Waals surface area contributed by atoms with Gasteiger partial charge in [-0.15, -0.1) is 12.6 Å². The van der Waals surface area contributed by atoms with E-state index in [-0.39, 0.29) is 51.5 Å². The maximum Gasteiger partial charge on any atom is 0.336 e. The molecule has 13 heteroatoms. The molecule has 346 valence electrons. The zero-order valence-corrected chi connectivity index (χ0v) is 39.3. The van der Waals surface area contributed by atoms with Gasteiger partial charge in [0, 0.05) is 104 Å². The lowest BCUT2D eigenvalue weighted by Crippen LogP contribution is -2.39. The van der Waals surface area contributed by atoms with E-state index in [1.165, 1.54) is 30.3 Å². The van der Waals surface area contributed by atoms with Crippen molar-refractivity contribution in [3.8, 4) is 50.7 Å². The van der Waals surface area contributed by atoms with Crippen molar-refractivity contribution in [3.63, 3.8) is 0 Å². The topological polar surface area (TPSA) is 165 Å². The van der Waals surface area contributed by atoms with Crippen LogP contribution < -0.4 is 30.9 Å². The zero-order chi connectivity index (χ0) is 47.8. The molecule has 4 aromatic rings. The van der Waals surface area contributed by atoms with Crippen molar-refractivity contribution in [3.05, 3.63) is 136 Å². The Hall–Kier alpha value is -7.38. The van der Waals surface area contributed by atoms with Crippen LogP contribution in [-0.2, 0) is 4.79 Å². The lowest BCUT2D eigenvalue weighted by atomic mass is 9.85.